The quantitative estimate of drug-likeness (QED) is 0.852. The normalized spacial score (nSPS) is 12.5. The molecule has 1 heterocycles. The lowest BCUT2D eigenvalue weighted by Crippen LogP contribution is -2.23. The van der Waals surface area contributed by atoms with Crippen molar-refractivity contribution in [3.63, 3.8) is 0 Å². The number of carbonyl (C=O) groups is 1. The van der Waals surface area contributed by atoms with Crippen molar-refractivity contribution in [1.29, 1.82) is 0 Å². The second-order valence-electron chi connectivity index (χ2n) is 5.35. The van der Waals surface area contributed by atoms with Crippen molar-refractivity contribution in [3.8, 4) is 0 Å². The molecule has 0 spiro atoms. The fourth-order valence-electron chi connectivity index (χ4n) is 2.69. The van der Waals surface area contributed by atoms with Crippen LogP contribution in [0.15, 0.2) is 52.3 Å². The van der Waals surface area contributed by atoms with Gasteiger partial charge in [-0.2, -0.15) is 0 Å². The van der Waals surface area contributed by atoms with Crippen LogP contribution < -0.4 is 4.90 Å². The third-order valence-corrected chi connectivity index (χ3v) is 4.94. The van der Waals surface area contributed by atoms with Crippen molar-refractivity contribution in [2.24, 2.45) is 0 Å². The average Bonchev–Trinajstić information content (AvgIpc) is 2.58. The van der Waals surface area contributed by atoms with Gasteiger partial charge in [-0.3, -0.25) is 4.79 Å². The van der Waals surface area contributed by atoms with Gasteiger partial charge in [0.2, 0.25) is 0 Å². The standard InChI is InChI=1S/C18H19NO3S/c1-22-18(21)12-13-7-8-17-15(11-13)19(9-4-10-20)14-5-2-3-6-16(14)23-17/h2-3,5-8,11,20H,4,9-10,12H2,1H3. The fraction of sp³-hybridized carbons (Fsp3) is 0.278. The highest BCUT2D eigenvalue weighted by Crippen LogP contribution is 2.48. The van der Waals surface area contributed by atoms with Crippen LogP contribution in [0.1, 0.15) is 12.0 Å². The van der Waals surface area contributed by atoms with Crippen LogP contribution in [0.2, 0.25) is 0 Å². The second kappa shape index (κ2) is 7.06. The first-order valence-electron chi connectivity index (χ1n) is 7.58. The van der Waals surface area contributed by atoms with Gasteiger partial charge in [0.05, 0.1) is 24.9 Å². The Hall–Kier alpha value is -1.98. The largest absolute Gasteiger partial charge is 0.469 e. The van der Waals surface area contributed by atoms with Crippen LogP contribution in [0.5, 0.6) is 0 Å². The third kappa shape index (κ3) is 3.35. The number of ether oxygens (including phenoxy) is 1. The van der Waals surface area contributed by atoms with E-state index in [9.17, 15) is 9.90 Å². The summed E-state index contributed by atoms with van der Waals surface area (Å²) in [5.41, 5.74) is 3.17. The molecule has 0 amide bonds. The van der Waals surface area contributed by atoms with Crippen LogP contribution in [0, 0.1) is 0 Å². The van der Waals surface area contributed by atoms with Gasteiger partial charge in [-0.1, -0.05) is 30.0 Å². The summed E-state index contributed by atoms with van der Waals surface area (Å²) < 4.78 is 4.76. The maximum Gasteiger partial charge on any atom is 0.309 e. The number of rotatable bonds is 5. The summed E-state index contributed by atoms with van der Waals surface area (Å²) in [6.07, 6.45) is 0.962. The van der Waals surface area contributed by atoms with Gasteiger partial charge in [0, 0.05) is 22.9 Å². The highest BCUT2D eigenvalue weighted by atomic mass is 32.2. The number of hydrogen-bond donors (Lipinski definition) is 1. The Morgan fingerprint density at radius 2 is 1.96 bits per heavy atom. The number of fused-ring (bicyclic) bond motifs is 2. The van der Waals surface area contributed by atoms with Gasteiger partial charge in [-0.15, -0.1) is 0 Å². The lowest BCUT2D eigenvalue weighted by molar-refractivity contribution is -0.139. The number of hydrogen-bond acceptors (Lipinski definition) is 5. The van der Waals surface area contributed by atoms with Gasteiger partial charge in [-0.25, -0.2) is 0 Å². The first-order valence-corrected chi connectivity index (χ1v) is 8.39. The lowest BCUT2D eigenvalue weighted by atomic mass is 10.1. The summed E-state index contributed by atoms with van der Waals surface area (Å²) in [7, 11) is 1.40. The number of methoxy groups -OCH3 is 1. The number of benzene rings is 2. The van der Waals surface area contributed by atoms with Crippen LogP contribution in [0.25, 0.3) is 0 Å². The van der Waals surface area contributed by atoms with E-state index in [1.54, 1.807) is 11.8 Å². The highest BCUT2D eigenvalue weighted by molar-refractivity contribution is 7.99. The number of esters is 1. The summed E-state index contributed by atoms with van der Waals surface area (Å²) in [5.74, 6) is -0.240. The molecule has 0 radical (unpaired) electrons. The van der Waals surface area contributed by atoms with E-state index in [1.807, 2.05) is 24.3 Å². The molecule has 23 heavy (non-hydrogen) atoms. The number of aliphatic hydroxyl groups is 1. The van der Waals surface area contributed by atoms with E-state index in [-0.39, 0.29) is 19.0 Å². The smallest absolute Gasteiger partial charge is 0.309 e. The molecule has 0 atom stereocenters. The predicted molar refractivity (Wildman–Crippen MR) is 91.4 cm³/mol. The Morgan fingerprint density at radius 1 is 1.17 bits per heavy atom. The molecule has 1 aliphatic rings. The van der Waals surface area contributed by atoms with Gasteiger partial charge >= 0.3 is 5.97 Å². The molecule has 0 aliphatic carbocycles. The second-order valence-corrected chi connectivity index (χ2v) is 6.44. The zero-order valence-electron chi connectivity index (χ0n) is 13.0. The van der Waals surface area contributed by atoms with Crippen LogP contribution >= 0.6 is 11.8 Å². The Morgan fingerprint density at radius 3 is 2.74 bits per heavy atom. The Kier molecular flexibility index (Phi) is 4.88. The van der Waals surface area contributed by atoms with Crippen LogP contribution in [-0.2, 0) is 16.0 Å². The number of para-hydroxylation sites is 1. The monoisotopic (exact) mass is 329 g/mol. The van der Waals surface area contributed by atoms with Gasteiger partial charge in [-0.05, 0) is 36.2 Å². The van der Waals surface area contributed by atoms with Crippen LogP contribution in [-0.4, -0.2) is 31.3 Å². The van der Waals surface area contributed by atoms with Crippen LogP contribution in [0.4, 0.5) is 11.4 Å². The highest BCUT2D eigenvalue weighted by Gasteiger charge is 2.23. The SMILES string of the molecule is COC(=O)Cc1ccc2c(c1)N(CCCO)c1ccccc1S2. The summed E-state index contributed by atoms with van der Waals surface area (Å²) in [4.78, 5) is 16.1. The van der Waals surface area contributed by atoms with Gasteiger partial charge in [0.15, 0.2) is 0 Å². The summed E-state index contributed by atoms with van der Waals surface area (Å²) in [5, 5.41) is 9.21. The van der Waals surface area contributed by atoms with Crippen LogP contribution in [0.3, 0.4) is 0 Å². The third-order valence-electron chi connectivity index (χ3n) is 3.81. The van der Waals surface area contributed by atoms with E-state index in [2.05, 4.69) is 23.1 Å². The zero-order valence-corrected chi connectivity index (χ0v) is 13.8. The van der Waals surface area contributed by atoms with Crippen molar-refractivity contribution >= 4 is 29.1 Å². The maximum absolute atomic E-state index is 11.5. The minimum Gasteiger partial charge on any atom is -0.469 e. The lowest BCUT2D eigenvalue weighted by Gasteiger charge is -2.33. The molecule has 0 aromatic heterocycles. The van der Waals surface area contributed by atoms with Crippen molar-refractivity contribution in [1.82, 2.24) is 0 Å². The van der Waals surface area contributed by atoms with E-state index >= 15 is 0 Å². The van der Waals surface area contributed by atoms with E-state index < -0.39 is 0 Å². The molecular formula is C18H19NO3S. The van der Waals surface area contributed by atoms with E-state index in [4.69, 9.17) is 4.74 Å². The number of aliphatic hydroxyl groups excluding tert-OH is 1. The first-order chi connectivity index (χ1) is 11.2. The molecule has 3 rings (SSSR count). The molecule has 0 bridgehead atoms. The molecule has 2 aromatic carbocycles. The Bertz CT molecular complexity index is 717. The fourth-order valence-corrected chi connectivity index (χ4v) is 3.77. The molecule has 4 nitrogen and oxygen atoms in total. The maximum atomic E-state index is 11.5. The summed E-state index contributed by atoms with van der Waals surface area (Å²) in [6.45, 7) is 0.895. The molecule has 1 aliphatic heterocycles. The molecule has 0 unspecified atom stereocenters. The zero-order chi connectivity index (χ0) is 16.2. The van der Waals surface area contributed by atoms with E-state index in [1.165, 1.54) is 12.0 Å². The molecule has 0 fully saturated rings. The first kappa shape index (κ1) is 15.9. The van der Waals surface area contributed by atoms with Gasteiger partial charge < -0.3 is 14.7 Å². The number of nitrogens with zero attached hydrogens (tertiary/aromatic N) is 1. The van der Waals surface area contributed by atoms with E-state index in [0.29, 0.717) is 6.42 Å². The summed E-state index contributed by atoms with van der Waals surface area (Å²) >= 11 is 1.73. The Labute approximate surface area is 140 Å². The Balaban J connectivity index is 1.98. The molecule has 2 aromatic rings. The molecule has 0 saturated carbocycles. The minimum atomic E-state index is -0.240. The topological polar surface area (TPSA) is 49.8 Å². The molecule has 120 valence electrons. The molecule has 0 saturated heterocycles. The number of carbonyl (C=O) groups excluding carboxylic acids is 1. The van der Waals surface area contributed by atoms with Crippen molar-refractivity contribution in [3.05, 3.63) is 48.0 Å². The van der Waals surface area contributed by atoms with Crippen molar-refractivity contribution in [2.75, 3.05) is 25.2 Å². The number of anilines is 2. The molecule has 5 heteroatoms. The van der Waals surface area contributed by atoms with Crippen molar-refractivity contribution < 1.29 is 14.6 Å². The minimum absolute atomic E-state index is 0.156. The molecular weight excluding hydrogens is 310 g/mol. The van der Waals surface area contributed by atoms with Gasteiger partial charge in [0.25, 0.3) is 0 Å². The average molecular weight is 329 g/mol. The van der Waals surface area contributed by atoms with Gasteiger partial charge in [0.1, 0.15) is 0 Å². The van der Waals surface area contributed by atoms with E-state index in [0.717, 1.165) is 28.4 Å². The molecule has 1 N–H and O–H groups in total. The summed E-state index contributed by atoms with van der Waals surface area (Å²) in [6, 6.07) is 14.3. The predicted octanol–water partition coefficient (Wildman–Crippen LogP) is 3.39. The van der Waals surface area contributed by atoms with Crippen molar-refractivity contribution in [2.45, 2.75) is 22.6 Å².